The van der Waals surface area contributed by atoms with E-state index in [1.165, 1.54) is 0 Å². The van der Waals surface area contributed by atoms with Gasteiger partial charge in [0.15, 0.2) is 5.69 Å². The summed E-state index contributed by atoms with van der Waals surface area (Å²) in [4.78, 5) is 18.0. The standard InChI is InChI=1S/C22H23BN4O3/c1-21(2)22(3,4)30-23(29-21)18-14-25-27-12-11-15(13-19(18)27)20(28)26(6)17-9-7-16(24-5)8-10-17/h7-14H,1-4,6H3. The van der Waals surface area contributed by atoms with Crippen LogP contribution in [0.2, 0.25) is 0 Å². The molecular formula is C22H23BN4O3. The zero-order valence-corrected chi connectivity index (χ0v) is 17.7. The monoisotopic (exact) mass is 402 g/mol. The number of carbonyl (C=O) groups excluding carboxylic acids is 1. The molecule has 1 fully saturated rings. The van der Waals surface area contributed by atoms with Crippen molar-refractivity contribution in [2.24, 2.45) is 0 Å². The van der Waals surface area contributed by atoms with Crippen LogP contribution in [0.25, 0.3) is 10.4 Å². The first-order valence-electron chi connectivity index (χ1n) is 9.71. The number of benzene rings is 1. The third-order valence-corrected chi connectivity index (χ3v) is 5.98. The van der Waals surface area contributed by atoms with E-state index in [0.29, 0.717) is 16.9 Å². The zero-order valence-electron chi connectivity index (χ0n) is 17.7. The summed E-state index contributed by atoms with van der Waals surface area (Å²) in [5.74, 6) is -0.158. The van der Waals surface area contributed by atoms with Crippen LogP contribution >= 0.6 is 0 Å². The molecule has 0 atom stereocenters. The summed E-state index contributed by atoms with van der Waals surface area (Å²) in [6.07, 6.45) is 3.48. The molecule has 0 radical (unpaired) electrons. The Balaban J connectivity index is 1.66. The zero-order chi connectivity index (χ0) is 21.7. The van der Waals surface area contributed by atoms with E-state index < -0.39 is 18.3 Å². The average molecular weight is 402 g/mol. The van der Waals surface area contributed by atoms with Gasteiger partial charge in [0.2, 0.25) is 0 Å². The van der Waals surface area contributed by atoms with Gasteiger partial charge in [0, 0.05) is 36.2 Å². The van der Waals surface area contributed by atoms with Crippen molar-refractivity contribution in [3.63, 3.8) is 0 Å². The fraction of sp³-hybridized carbons (Fsp3) is 0.318. The third kappa shape index (κ3) is 3.26. The minimum atomic E-state index is -0.559. The molecule has 1 saturated heterocycles. The molecule has 0 saturated carbocycles. The Labute approximate surface area is 176 Å². The van der Waals surface area contributed by atoms with E-state index in [4.69, 9.17) is 15.9 Å². The molecule has 0 spiro atoms. The van der Waals surface area contributed by atoms with Gasteiger partial charge in [0.25, 0.3) is 5.91 Å². The van der Waals surface area contributed by atoms with Gasteiger partial charge in [-0.05, 0) is 52.0 Å². The molecule has 8 heteroatoms. The smallest absolute Gasteiger partial charge is 0.399 e. The number of pyridine rings is 1. The lowest BCUT2D eigenvalue weighted by Gasteiger charge is -2.32. The molecule has 1 aliphatic heterocycles. The van der Waals surface area contributed by atoms with Crippen LogP contribution in [0.3, 0.4) is 0 Å². The van der Waals surface area contributed by atoms with Gasteiger partial charge < -0.3 is 14.2 Å². The maximum atomic E-state index is 13.1. The maximum absolute atomic E-state index is 13.1. The summed E-state index contributed by atoms with van der Waals surface area (Å²) in [5.41, 5.74) is 2.40. The molecule has 7 nitrogen and oxygen atoms in total. The number of amides is 1. The summed E-state index contributed by atoms with van der Waals surface area (Å²) in [5, 5.41) is 4.38. The number of rotatable bonds is 3. The van der Waals surface area contributed by atoms with Crippen LogP contribution in [0, 0.1) is 6.57 Å². The second-order valence-electron chi connectivity index (χ2n) is 8.43. The summed E-state index contributed by atoms with van der Waals surface area (Å²) in [6, 6.07) is 10.5. The first-order chi connectivity index (χ1) is 14.1. The molecule has 1 aliphatic rings. The van der Waals surface area contributed by atoms with Crippen molar-refractivity contribution in [3.8, 4) is 0 Å². The fourth-order valence-corrected chi connectivity index (χ4v) is 3.35. The van der Waals surface area contributed by atoms with Crippen LogP contribution in [0.15, 0.2) is 48.8 Å². The highest BCUT2D eigenvalue weighted by molar-refractivity contribution is 6.64. The molecular weight excluding hydrogens is 379 g/mol. The lowest BCUT2D eigenvalue weighted by Crippen LogP contribution is -2.41. The third-order valence-electron chi connectivity index (χ3n) is 5.98. The van der Waals surface area contributed by atoms with Crippen molar-refractivity contribution in [1.29, 1.82) is 0 Å². The van der Waals surface area contributed by atoms with Crippen molar-refractivity contribution in [2.75, 3.05) is 11.9 Å². The van der Waals surface area contributed by atoms with Gasteiger partial charge in [-0.15, -0.1) is 0 Å². The van der Waals surface area contributed by atoms with E-state index in [-0.39, 0.29) is 5.91 Å². The van der Waals surface area contributed by atoms with E-state index >= 15 is 0 Å². The number of hydrogen-bond acceptors (Lipinski definition) is 4. The number of aromatic nitrogens is 2. The Hall–Kier alpha value is -3.15. The molecule has 0 aliphatic carbocycles. The van der Waals surface area contributed by atoms with E-state index in [9.17, 15) is 4.79 Å². The van der Waals surface area contributed by atoms with E-state index in [2.05, 4.69) is 9.94 Å². The van der Waals surface area contributed by atoms with Crippen LogP contribution < -0.4 is 10.4 Å². The molecule has 1 aromatic carbocycles. The van der Waals surface area contributed by atoms with Gasteiger partial charge in [-0.25, -0.2) is 9.36 Å². The largest absolute Gasteiger partial charge is 0.498 e. The fourth-order valence-electron chi connectivity index (χ4n) is 3.35. The number of fused-ring (bicyclic) bond motifs is 1. The van der Waals surface area contributed by atoms with Crippen molar-refractivity contribution >= 4 is 35.4 Å². The Morgan fingerprint density at radius 3 is 2.37 bits per heavy atom. The lowest BCUT2D eigenvalue weighted by molar-refractivity contribution is 0.00578. The second-order valence-corrected chi connectivity index (χ2v) is 8.43. The molecule has 4 rings (SSSR count). The first-order valence-corrected chi connectivity index (χ1v) is 9.71. The topological polar surface area (TPSA) is 60.4 Å². The number of carbonyl (C=O) groups is 1. The van der Waals surface area contributed by atoms with Gasteiger partial charge in [-0.2, -0.15) is 5.10 Å². The van der Waals surface area contributed by atoms with E-state index in [1.54, 1.807) is 65.3 Å². The Kier molecular flexibility index (Phi) is 4.68. The Morgan fingerprint density at radius 1 is 1.13 bits per heavy atom. The van der Waals surface area contributed by atoms with E-state index in [0.717, 1.165) is 11.0 Å². The molecule has 3 aromatic rings. The SMILES string of the molecule is [C-]#[N+]c1ccc(N(C)C(=O)c2ccn3ncc(B4OC(C)(C)C(C)(C)O4)c3c2)cc1. The molecule has 152 valence electrons. The van der Waals surface area contributed by atoms with Crippen molar-refractivity contribution < 1.29 is 14.1 Å². The molecule has 3 heterocycles. The molecule has 0 unspecified atom stereocenters. The van der Waals surface area contributed by atoms with Gasteiger partial charge in [-0.3, -0.25) is 4.79 Å². The van der Waals surface area contributed by atoms with Crippen LogP contribution in [0.5, 0.6) is 0 Å². The highest BCUT2D eigenvalue weighted by atomic mass is 16.7. The minimum absolute atomic E-state index is 0.158. The number of anilines is 1. The van der Waals surface area contributed by atoms with Gasteiger partial charge in [-0.1, -0.05) is 12.1 Å². The van der Waals surface area contributed by atoms with Crippen molar-refractivity contribution in [3.05, 3.63) is 65.8 Å². The molecule has 1 amide bonds. The van der Waals surface area contributed by atoms with Crippen LogP contribution in [-0.2, 0) is 9.31 Å². The van der Waals surface area contributed by atoms with Crippen LogP contribution in [0.1, 0.15) is 38.1 Å². The Morgan fingerprint density at radius 2 is 1.77 bits per heavy atom. The van der Waals surface area contributed by atoms with Crippen LogP contribution in [-0.4, -0.2) is 40.9 Å². The lowest BCUT2D eigenvalue weighted by atomic mass is 9.80. The van der Waals surface area contributed by atoms with Gasteiger partial charge in [0.1, 0.15) is 0 Å². The van der Waals surface area contributed by atoms with Crippen molar-refractivity contribution in [1.82, 2.24) is 9.61 Å². The summed E-state index contributed by atoms with van der Waals surface area (Å²) in [7, 11) is 1.15. The Bertz CT molecular complexity index is 1150. The van der Waals surface area contributed by atoms with E-state index in [1.807, 2.05) is 27.7 Å². The predicted molar refractivity (Wildman–Crippen MR) is 116 cm³/mol. The van der Waals surface area contributed by atoms with Crippen molar-refractivity contribution in [2.45, 2.75) is 38.9 Å². The summed E-state index contributed by atoms with van der Waals surface area (Å²) in [6.45, 7) is 15.1. The van der Waals surface area contributed by atoms with Gasteiger partial charge in [0.05, 0.1) is 23.3 Å². The number of hydrogen-bond donors (Lipinski definition) is 0. The highest BCUT2D eigenvalue weighted by Crippen LogP contribution is 2.36. The molecule has 0 bridgehead atoms. The van der Waals surface area contributed by atoms with Crippen LogP contribution in [0.4, 0.5) is 11.4 Å². The quantitative estimate of drug-likeness (QED) is 0.497. The summed E-state index contributed by atoms with van der Waals surface area (Å²) >= 11 is 0. The molecule has 30 heavy (non-hydrogen) atoms. The predicted octanol–water partition coefficient (Wildman–Crippen LogP) is 3.46. The first kappa shape index (κ1) is 20.1. The van der Waals surface area contributed by atoms with Gasteiger partial charge >= 0.3 is 7.12 Å². The molecule has 2 aromatic heterocycles. The second kappa shape index (κ2) is 6.97. The average Bonchev–Trinajstić information content (AvgIpc) is 3.23. The maximum Gasteiger partial charge on any atom is 0.498 e. The molecule has 0 N–H and O–H groups in total. The normalized spacial score (nSPS) is 17.1. The highest BCUT2D eigenvalue weighted by Gasteiger charge is 2.52. The minimum Gasteiger partial charge on any atom is -0.399 e. The summed E-state index contributed by atoms with van der Waals surface area (Å²) < 4.78 is 14.0. The number of nitrogens with zero attached hydrogens (tertiary/aromatic N) is 4.